The summed E-state index contributed by atoms with van der Waals surface area (Å²) in [5.41, 5.74) is 3.35. The van der Waals surface area contributed by atoms with E-state index in [1.807, 2.05) is 36.1 Å². The molecule has 0 saturated heterocycles. The third kappa shape index (κ3) is 1.72. The van der Waals surface area contributed by atoms with Gasteiger partial charge in [0.05, 0.1) is 6.26 Å². The predicted molar refractivity (Wildman–Crippen MR) is 70.5 cm³/mol. The van der Waals surface area contributed by atoms with E-state index in [2.05, 4.69) is 6.07 Å². The highest BCUT2D eigenvalue weighted by Crippen LogP contribution is 2.32. The number of nitrogens with zero attached hydrogens (tertiary/aromatic N) is 1. The fourth-order valence-electron chi connectivity index (χ4n) is 2.50. The average Bonchev–Trinajstić information content (AvgIpc) is 2.92. The molecule has 0 spiro atoms. The molecule has 1 aromatic carbocycles. The maximum absolute atomic E-state index is 11.8. The molecule has 0 atom stereocenters. The molecule has 3 rings (SSSR count). The molecule has 0 saturated carbocycles. The zero-order valence-electron chi connectivity index (χ0n) is 10.3. The van der Waals surface area contributed by atoms with Crippen LogP contribution in [0, 0.1) is 0 Å². The molecule has 0 bridgehead atoms. The maximum Gasteiger partial charge on any atom is 0.227 e. The van der Waals surface area contributed by atoms with Crippen molar-refractivity contribution >= 4 is 11.6 Å². The summed E-state index contributed by atoms with van der Waals surface area (Å²) >= 11 is 0. The highest BCUT2D eigenvalue weighted by Gasteiger charge is 2.23. The van der Waals surface area contributed by atoms with E-state index in [9.17, 15) is 4.79 Å². The molecule has 3 heteroatoms. The van der Waals surface area contributed by atoms with Crippen molar-refractivity contribution in [2.24, 2.45) is 0 Å². The van der Waals surface area contributed by atoms with E-state index in [1.54, 1.807) is 6.26 Å². The summed E-state index contributed by atoms with van der Waals surface area (Å²) in [4.78, 5) is 13.7. The Kier molecular flexibility index (Phi) is 2.67. The molecule has 0 fully saturated rings. The van der Waals surface area contributed by atoms with Crippen molar-refractivity contribution in [3.05, 3.63) is 42.2 Å². The van der Waals surface area contributed by atoms with Crippen LogP contribution in [0.5, 0.6) is 0 Å². The van der Waals surface area contributed by atoms with E-state index in [4.69, 9.17) is 4.42 Å². The van der Waals surface area contributed by atoms with Gasteiger partial charge >= 0.3 is 0 Å². The zero-order chi connectivity index (χ0) is 12.5. The van der Waals surface area contributed by atoms with Gasteiger partial charge in [0.15, 0.2) is 0 Å². The lowest BCUT2D eigenvalue weighted by Gasteiger charge is -2.28. The van der Waals surface area contributed by atoms with Crippen LogP contribution in [0.25, 0.3) is 11.3 Å². The molecule has 2 heterocycles. The van der Waals surface area contributed by atoms with Crippen molar-refractivity contribution in [3.8, 4) is 11.3 Å². The summed E-state index contributed by atoms with van der Waals surface area (Å²) in [6.07, 6.45) is 3.10. The predicted octanol–water partition coefficient (Wildman–Crippen LogP) is 3.25. The van der Waals surface area contributed by atoms with Crippen molar-refractivity contribution in [1.29, 1.82) is 0 Å². The highest BCUT2D eigenvalue weighted by molar-refractivity contribution is 5.96. The van der Waals surface area contributed by atoms with Gasteiger partial charge in [-0.1, -0.05) is 0 Å². The van der Waals surface area contributed by atoms with E-state index >= 15 is 0 Å². The van der Waals surface area contributed by atoms with E-state index in [0.717, 1.165) is 30.0 Å². The van der Waals surface area contributed by atoms with Gasteiger partial charge in [-0.15, -0.1) is 0 Å². The second-order valence-corrected chi connectivity index (χ2v) is 4.46. The summed E-state index contributed by atoms with van der Waals surface area (Å²) in [6.45, 7) is 2.74. The van der Waals surface area contributed by atoms with Crippen molar-refractivity contribution in [2.75, 3.05) is 11.4 Å². The van der Waals surface area contributed by atoms with Crippen LogP contribution < -0.4 is 4.90 Å². The summed E-state index contributed by atoms with van der Waals surface area (Å²) in [5.74, 6) is 1.09. The first kappa shape index (κ1) is 11.1. The number of furan rings is 1. The lowest BCUT2D eigenvalue weighted by molar-refractivity contribution is -0.118. The normalized spacial score (nSPS) is 14.7. The molecule has 92 valence electrons. The number of carbonyl (C=O) groups excluding carboxylic acids is 1. The summed E-state index contributed by atoms with van der Waals surface area (Å²) < 4.78 is 5.40. The monoisotopic (exact) mass is 241 g/mol. The van der Waals surface area contributed by atoms with Crippen LogP contribution in [-0.2, 0) is 11.2 Å². The quantitative estimate of drug-likeness (QED) is 0.808. The molecule has 1 aliphatic heterocycles. The SMILES string of the molecule is CCN1C(=O)CCc2cc(-c3ccco3)ccc21. The Morgan fingerprint density at radius 2 is 2.17 bits per heavy atom. The highest BCUT2D eigenvalue weighted by atomic mass is 16.3. The number of hydrogen-bond acceptors (Lipinski definition) is 2. The van der Waals surface area contributed by atoms with Crippen LogP contribution in [0.15, 0.2) is 41.0 Å². The minimum absolute atomic E-state index is 0.218. The minimum Gasteiger partial charge on any atom is -0.464 e. The first-order valence-electron chi connectivity index (χ1n) is 6.26. The molecule has 1 aromatic heterocycles. The maximum atomic E-state index is 11.8. The second kappa shape index (κ2) is 4.33. The summed E-state index contributed by atoms with van der Waals surface area (Å²) in [5, 5.41) is 0. The summed E-state index contributed by atoms with van der Waals surface area (Å²) in [7, 11) is 0. The van der Waals surface area contributed by atoms with Gasteiger partial charge in [-0.05, 0) is 49.2 Å². The fourth-order valence-corrected chi connectivity index (χ4v) is 2.50. The molecule has 1 amide bonds. The van der Waals surface area contributed by atoms with E-state index in [1.165, 1.54) is 5.56 Å². The largest absolute Gasteiger partial charge is 0.464 e. The van der Waals surface area contributed by atoms with Crippen LogP contribution in [0.2, 0.25) is 0 Å². The minimum atomic E-state index is 0.218. The van der Waals surface area contributed by atoms with Gasteiger partial charge in [0.2, 0.25) is 5.91 Å². The molecular weight excluding hydrogens is 226 g/mol. The van der Waals surface area contributed by atoms with Gasteiger partial charge in [0, 0.05) is 24.2 Å². The molecule has 18 heavy (non-hydrogen) atoms. The third-order valence-corrected chi connectivity index (χ3v) is 3.40. The van der Waals surface area contributed by atoms with E-state index < -0.39 is 0 Å². The Bertz CT molecular complexity index is 572. The Morgan fingerprint density at radius 1 is 1.28 bits per heavy atom. The average molecular weight is 241 g/mol. The van der Waals surface area contributed by atoms with Gasteiger partial charge in [-0.2, -0.15) is 0 Å². The Balaban J connectivity index is 2.04. The van der Waals surface area contributed by atoms with Crippen LogP contribution in [0.4, 0.5) is 5.69 Å². The molecule has 0 unspecified atom stereocenters. The number of hydrogen-bond donors (Lipinski definition) is 0. The van der Waals surface area contributed by atoms with Gasteiger partial charge in [0.1, 0.15) is 5.76 Å². The smallest absolute Gasteiger partial charge is 0.227 e. The number of fused-ring (bicyclic) bond motifs is 1. The van der Waals surface area contributed by atoms with Gasteiger partial charge < -0.3 is 9.32 Å². The standard InChI is InChI=1S/C15H15NO2/c1-2-16-13-7-5-12(14-4-3-9-18-14)10-11(13)6-8-15(16)17/h3-5,7,9-10H,2,6,8H2,1H3. The first-order chi connectivity index (χ1) is 8.79. The molecule has 0 N–H and O–H groups in total. The van der Waals surface area contributed by atoms with E-state index in [0.29, 0.717) is 6.42 Å². The van der Waals surface area contributed by atoms with Crippen molar-refractivity contribution in [3.63, 3.8) is 0 Å². The van der Waals surface area contributed by atoms with Crippen LogP contribution in [-0.4, -0.2) is 12.5 Å². The van der Waals surface area contributed by atoms with Gasteiger partial charge in [0.25, 0.3) is 0 Å². The van der Waals surface area contributed by atoms with Gasteiger partial charge in [-0.3, -0.25) is 4.79 Å². The molecule has 3 nitrogen and oxygen atoms in total. The Morgan fingerprint density at radius 3 is 2.89 bits per heavy atom. The fraction of sp³-hybridized carbons (Fsp3) is 0.267. The van der Waals surface area contributed by atoms with Gasteiger partial charge in [-0.25, -0.2) is 0 Å². The third-order valence-electron chi connectivity index (χ3n) is 3.40. The first-order valence-corrected chi connectivity index (χ1v) is 6.26. The molecule has 0 aliphatic carbocycles. The number of amides is 1. The molecule has 2 aromatic rings. The number of benzene rings is 1. The Hall–Kier alpha value is -2.03. The Labute approximate surface area is 106 Å². The van der Waals surface area contributed by atoms with Crippen molar-refractivity contribution in [2.45, 2.75) is 19.8 Å². The number of aryl methyl sites for hydroxylation is 1. The van der Waals surface area contributed by atoms with Crippen molar-refractivity contribution in [1.82, 2.24) is 0 Å². The number of carbonyl (C=O) groups is 1. The van der Waals surface area contributed by atoms with Crippen LogP contribution >= 0.6 is 0 Å². The second-order valence-electron chi connectivity index (χ2n) is 4.46. The van der Waals surface area contributed by atoms with Crippen LogP contribution in [0.3, 0.4) is 0 Å². The zero-order valence-corrected chi connectivity index (χ0v) is 10.3. The number of anilines is 1. The number of rotatable bonds is 2. The molecule has 0 radical (unpaired) electrons. The topological polar surface area (TPSA) is 33.5 Å². The van der Waals surface area contributed by atoms with Crippen molar-refractivity contribution < 1.29 is 9.21 Å². The lowest BCUT2D eigenvalue weighted by Crippen LogP contribution is -2.34. The molecule has 1 aliphatic rings. The molecular formula is C15H15NO2. The van der Waals surface area contributed by atoms with Crippen LogP contribution in [0.1, 0.15) is 18.9 Å². The summed E-state index contributed by atoms with van der Waals surface area (Å²) in [6, 6.07) is 10.00. The van der Waals surface area contributed by atoms with E-state index in [-0.39, 0.29) is 5.91 Å². The lowest BCUT2D eigenvalue weighted by atomic mass is 9.98.